The van der Waals surface area contributed by atoms with Crippen molar-refractivity contribution in [3.05, 3.63) is 29.3 Å². The molecule has 1 aliphatic rings. The molecule has 4 nitrogen and oxygen atoms in total. The summed E-state index contributed by atoms with van der Waals surface area (Å²) in [5.41, 5.74) is 1.19. The number of hydrogen-bond donors (Lipinski definition) is 0. The molecule has 0 aromatic heterocycles. The van der Waals surface area contributed by atoms with Gasteiger partial charge in [-0.1, -0.05) is 6.92 Å². The third kappa shape index (κ3) is 2.99. The van der Waals surface area contributed by atoms with Crippen LogP contribution in [-0.4, -0.2) is 31.8 Å². The van der Waals surface area contributed by atoms with Crippen LogP contribution in [0.4, 0.5) is 0 Å². The standard InChI is InChI=1S/C14H18ClNO3S/c1-3-11-5-4-8-16(11)14(17)13-7-6-12(9-10(13)2)20(15,18)19/h6-7,9,11H,3-5,8H2,1-2H3. The monoisotopic (exact) mass is 315 g/mol. The Bertz CT molecular complexity index is 627. The molecule has 0 bridgehead atoms. The van der Waals surface area contributed by atoms with Crippen molar-refractivity contribution in [2.24, 2.45) is 0 Å². The Morgan fingerprint density at radius 3 is 2.70 bits per heavy atom. The molecule has 0 aliphatic carbocycles. The van der Waals surface area contributed by atoms with Crippen molar-refractivity contribution in [2.45, 2.75) is 44.0 Å². The highest BCUT2D eigenvalue weighted by Crippen LogP contribution is 2.25. The summed E-state index contributed by atoms with van der Waals surface area (Å²) in [6.45, 7) is 4.58. The molecule has 1 heterocycles. The van der Waals surface area contributed by atoms with Crippen molar-refractivity contribution in [2.75, 3.05) is 6.54 Å². The van der Waals surface area contributed by atoms with Crippen molar-refractivity contribution in [3.8, 4) is 0 Å². The Morgan fingerprint density at radius 2 is 2.15 bits per heavy atom. The van der Waals surface area contributed by atoms with Crippen LogP contribution in [0.3, 0.4) is 0 Å². The van der Waals surface area contributed by atoms with Crippen LogP contribution < -0.4 is 0 Å². The summed E-state index contributed by atoms with van der Waals surface area (Å²) in [7, 11) is 1.56. The van der Waals surface area contributed by atoms with E-state index in [9.17, 15) is 13.2 Å². The van der Waals surface area contributed by atoms with Crippen LogP contribution in [-0.2, 0) is 9.05 Å². The van der Waals surface area contributed by atoms with Crippen molar-refractivity contribution in [1.29, 1.82) is 0 Å². The van der Waals surface area contributed by atoms with Gasteiger partial charge >= 0.3 is 0 Å². The Kier molecular flexibility index (Phi) is 4.39. The Hall–Kier alpha value is -1.07. The minimum Gasteiger partial charge on any atom is -0.336 e. The van der Waals surface area contributed by atoms with Gasteiger partial charge in [0.05, 0.1) is 4.90 Å². The molecule has 1 unspecified atom stereocenters. The second kappa shape index (κ2) is 5.74. The number of benzene rings is 1. The van der Waals surface area contributed by atoms with Gasteiger partial charge in [0, 0.05) is 28.8 Å². The molecule has 0 spiro atoms. The average Bonchev–Trinajstić information content (AvgIpc) is 2.85. The molecule has 1 saturated heterocycles. The second-order valence-electron chi connectivity index (χ2n) is 5.12. The van der Waals surface area contributed by atoms with Crippen LogP contribution in [0.2, 0.25) is 0 Å². The molecular weight excluding hydrogens is 298 g/mol. The first-order valence-electron chi connectivity index (χ1n) is 6.71. The van der Waals surface area contributed by atoms with E-state index >= 15 is 0 Å². The van der Waals surface area contributed by atoms with Gasteiger partial charge in [0.1, 0.15) is 0 Å². The Balaban J connectivity index is 2.32. The number of halogens is 1. The quantitative estimate of drug-likeness (QED) is 0.806. The molecule has 0 radical (unpaired) electrons. The summed E-state index contributed by atoms with van der Waals surface area (Å²) < 4.78 is 22.6. The van der Waals surface area contributed by atoms with E-state index in [1.54, 1.807) is 13.0 Å². The van der Waals surface area contributed by atoms with Gasteiger partial charge in [0.2, 0.25) is 0 Å². The number of rotatable bonds is 3. The van der Waals surface area contributed by atoms with Crippen molar-refractivity contribution in [1.82, 2.24) is 4.90 Å². The fourth-order valence-corrected chi connectivity index (χ4v) is 3.55. The number of aryl methyl sites for hydroxylation is 1. The van der Waals surface area contributed by atoms with E-state index in [1.165, 1.54) is 12.1 Å². The maximum atomic E-state index is 12.5. The molecule has 6 heteroatoms. The van der Waals surface area contributed by atoms with E-state index in [2.05, 4.69) is 6.92 Å². The normalized spacial score (nSPS) is 19.4. The second-order valence-corrected chi connectivity index (χ2v) is 7.68. The summed E-state index contributed by atoms with van der Waals surface area (Å²) in [6, 6.07) is 4.68. The predicted molar refractivity (Wildman–Crippen MR) is 78.6 cm³/mol. The van der Waals surface area contributed by atoms with Gasteiger partial charge in [-0.3, -0.25) is 4.79 Å². The molecule has 1 aliphatic heterocycles. The summed E-state index contributed by atoms with van der Waals surface area (Å²) >= 11 is 0. The number of carbonyl (C=O) groups excluding carboxylic acids is 1. The summed E-state index contributed by atoms with van der Waals surface area (Å²) in [5, 5.41) is 0. The van der Waals surface area contributed by atoms with E-state index in [-0.39, 0.29) is 10.8 Å². The van der Waals surface area contributed by atoms with Crippen molar-refractivity contribution in [3.63, 3.8) is 0 Å². The molecule has 110 valence electrons. The van der Waals surface area contributed by atoms with Gasteiger partial charge in [-0.15, -0.1) is 0 Å². The lowest BCUT2D eigenvalue weighted by Crippen LogP contribution is -2.35. The van der Waals surface area contributed by atoms with Gasteiger partial charge < -0.3 is 4.90 Å². The highest BCUT2D eigenvalue weighted by molar-refractivity contribution is 8.13. The largest absolute Gasteiger partial charge is 0.336 e. The van der Waals surface area contributed by atoms with Crippen LogP contribution in [0.1, 0.15) is 42.1 Å². The third-order valence-corrected chi connectivity index (χ3v) is 5.17. The van der Waals surface area contributed by atoms with Crippen LogP contribution in [0, 0.1) is 6.92 Å². The van der Waals surface area contributed by atoms with E-state index in [4.69, 9.17) is 10.7 Å². The fourth-order valence-electron chi connectivity index (χ4n) is 2.71. The highest BCUT2D eigenvalue weighted by Gasteiger charge is 2.29. The van der Waals surface area contributed by atoms with E-state index in [1.807, 2.05) is 4.90 Å². The molecule has 20 heavy (non-hydrogen) atoms. The summed E-state index contributed by atoms with van der Waals surface area (Å²) in [4.78, 5) is 14.5. The number of nitrogens with zero attached hydrogens (tertiary/aromatic N) is 1. The lowest BCUT2D eigenvalue weighted by Gasteiger charge is -2.24. The molecule has 1 aromatic carbocycles. The van der Waals surface area contributed by atoms with Gasteiger partial charge in [-0.25, -0.2) is 8.42 Å². The average molecular weight is 316 g/mol. The molecule has 0 saturated carbocycles. The zero-order valence-corrected chi connectivity index (χ0v) is 13.2. The van der Waals surface area contributed by atoms with Crippen LogP contribution >= 0.6 is 10.7 Å². The maximum Gasteiger partial charge on any atom is 0.261 e. The molecular formula is C14H18ClNO3S. The lowest BCUT2D eigenvalue weighted by molar-refractivity contribution is 0.0733. The van der Waals surface area contributed by atoms with Gasteiger partial charge in [0.25, 0.3) is 15.0 Å². The van der Waals surface area contributed by atoms with Crippen molar-refractivity contribution >= 4 is 25.6 Å². The zero-order valence-electron chi connectivity index (χ0n) is 11.6. The van der Waals surface area contributed by atoms with Crippen LogP contribution in [0.15, 0.2) is 23.1 Å². The zero-order chi connectivity index (χ0) is 14.9. The Morgan fingerprint density at radius 1 is 1.45 bits per heavy atom. The molecule has 1 atom stereocenters. The first-order valence-corrected chi connectivity index (χ1v) is 9.01. The Labute approximate surface area is 124 Å². The van der Waals surface area contributed by atoms with E-state index in [0.29, 0.717) is 17.2 Å². The summed E-state index contributed by atoms with van der Waals surface area (Å²) in [5.74, 6) is -0.0228. The smallest absolute Gasteiger partial charge is 0.261 e. The highest BCUT2D eigenvalue weighted by atomic mass is 35.7. The predicted octanol–water partition coefficient (Wildman–Crippen LogP) is 2.94. The minimum atomic E-state index is -3.75. The molecule has 0 N–H and O–H groups in total. The molecule has 1 aromatic rings. The van der Waals surface area contributed by atoms with Crippen molar-refractivity contribution < 1.29 is 13.2 Å². The topological polar surface area (TPSA) is 54.5 Å². The minimum absolute atomic E-state index is 0.0228. The first-order chi connectivity index (χ1) is 9.34. The maximum absolute atomic E-state index is 12.5. The summed E-state index contributed by atoms with van der Waals surface area (Å²) in [6.07, 6.45) is 3.01. The number of hydrogen-bond acceptors (Lipinski definition) is 3. The van der Waals surface area contributed by atoms with Gasteiger partial charge in [-0.05, 0) is 49.9 Å². The lowest BCUT2D eigenvalue weighted by atomic mass is 10.1. The van der Waals surface area contributed by atoms with E-state index in [0.717, 1.165) is 25.8 Å². The van der Waals surface area contributed by atoms with Gasteiger partial charge in [0.15, 0.2) is 0 Å². The number of amides is 1. The molecule has 1 amide bonds. The first kappa shape index (κ1) is 15.3. The number of carbonyl (C=O) groups is 1. The van der Waals surface area contributed by atoms with E-state index < -0.39 is 9.05 Å². The van der Waals surface area contributed by atoms with Crippen LogP contribution in [0.5, 0.6) is 0 Å². The van der Waals surface area contributed by atoms with Crippen LogP contribution in [0.25, 0.3) is 0 Å². The fraction of sp³-hybridized carbons (Fsp3) is 0.500. The molecule has 1 fully saturated rings. The number of likely N-dealkylation sites (tertiary alicyclic amines) is 1. The third-order valence-electron chi connectivity index (χ3n) is 3.82. The molecule has 2 rings (SSSR count). The van der Waals surface area contributed by atoms with Gasteiger partial charge in [-0.2, -0.15) is 0 Å². The SMILES string of the molecule is CCC1CCCN1C(=O)c1ccc(S(=O)(=O)Cl)cc1C.